The van der Waals surface area contributed by atoms with Gasteiger partial charge in [-0.1, -0.05) is 36.4 Å². The minimum Gasteiger partial charge on any atom is -0.259 e. The molecule has 1 saturated heterocycles. The molecule has 1 heterocycles. The van der Waals surface area contributed by atoms with Crippen LogP contribution < -0.4 is 10.2 Å². The lowest BCUT2D eigenvalue weighted by atomic mass is 10.3. The maximum atomic E-state index is 5.67. The van der Waals surface area contributed by atoms with Crippen molar-refractivity contribution >= 4 is 11.4 Å². The van der Waals surface area contributed by atoms with Crippen molar-refractivity contribution in [1.82, 2.24) is 0 Å². The molecule has 1 fully saturated rings. The topological polar surface area (TPSA) is 15.7 Å². The molecule has 1 aliphatic heterocycles. The first kappa shape index (κ1) is 10.2. The van der Waals surface area contributed by atoms with Gasteiger partial charge in [0.2, 0.25) is 0 Å². The molecule has 0 amide bonds. The van der Waals surface area contributed by atoms with Crippen LogP contribution in [-0.4, -0.2) is 13.2 Å². The molecule has 0 radical (unpaired) electrons. The van der Waals surface area contributed by atoms with E-state index >= 15 is 0 Å². The number of hydrazine groups is 1. The van der Waals surface area contributed by atoms with Gasteiger partial charge >= 0.3 is 0 Å². The van der Waals surface area contributed by atoms with Crippen molar-refractivity contribution < 1.29 is 4.84 Å². The molecule has 2 aromatic carbocycles. The number of rotatable bonds is 2. The van der Waals surface area contributed by atoms with Gasteiger partial charge in [0.25, 0.3) is 0 Å². The van der Waals surface area contributed by atoms with Crippen LogP contribution in [0.5, 0.6) is 0 Å². The SMILES string of the molecule is c1ccc(N2CCON2c2ccccc2)cc1. The highest BCUT2D eigenvalue weighted by Gasteiger charge is 2.23. The van der Waals surface area contributed by atoms with Crippen LogP contribution in [0.3, 0.4) is 0 Å². The van der Waals surface area contributed by atoms with E-state index in [1.54, 1.807) is 0 Å². The van der Waals surface area contributed by atoms with Gasteiger partial charge in [-0.3, -0.25) is 9.85 Å². The third kappa shape index (κ3) is 1.97. The lowest BCUT2D eigenvalue weighted by Crippen LogP contribution is -2.35. The molecule has 2 aromatic rings. The molecule has 3 nitrogen and oxygen atoms in total. The first-order valence-electron chi connectivity index (χ1n) is 5.76. The second-order valence-corrected chi connectivity index (χ2v) is 3.90. The zero-order valence-corrected chi connectivity index (χ0v) is 9.49. The monoisotopic (exact) mass is 226 g/mol. The highest BCUT2D eigenvalue weighted by Crippen LogP contribution is 2.25. The molecule has 3 heteroatoms. The van der Waals surface area contributed by atoms with Gasteiger partial charge in [0.05, 0.1) is 24.5 Å². The lowest BCUT2D eigenvalue weighted by Gasteiger charge is -2.28. The zero-order valence-electron chi connectivity index (χ0n) is 9.49. The number of hydrogen-bond acceptors (Lipinski definition) is 3. The second kappa shape index (κ2) is 4.47. The van der Waals surface area contributed by atoms with Crippen LogP contribution in [0.1, 0.15) is 0 Å². The van der Waals surface area contributed by atoms with Crippen LogP contribution >= 0.6 is 0 Å². The average Bonchev–Trinajstić information content (AvgIpc) is 2.90. The molecule has 0 aliphatic carbocycles. The number of benzene rings is 2. The average molecular weight is 226 g/mol. The Morgan fingerprint density at radius 1 is 0.765 bits per heavy atom. The van der Waals surface area contributed by atoms with E-state index in [9.17, 15) is 0 Å². The van der Waals surface area contributed by atoms with E-state index in [1.165, 1.54) is 0 Å². The first-order chi connectivity index (χ1) is 8.45. The molecule has 1 aliphatic rings. The van der Waals surface area contributed by atoms with Gasteiger partial charge in [0.1, 0.15) is 0 Å². The second-order valence-electron chi connectivity index (χ2n) is 3.90. The molecular weight excluding hydrogens is 212 g/mol. The molecular formula is C14H14N2O. The van der Waals surface area contributed by atoms with E-state index < -0.39 is 0 Å². The highest BCUT2D eigenvalue weighted by atomic mass is 16.7. The summed E-state index contributed by atoms with van der Waals surface area (Å²) in [5, 5.41) is 3.99. The predicted octanol–water partition coefficient (Wildman–Crippen LogP) is 2.86. The molecule has 0 unspecified atom stereocenters. The number of para-hydroxylation sites is 2. The predicted molar refractivity (Wildman–Crippen MR) is 68.7 cm³/mol. The normalized spacial score (nSPS) is 15.3. The van der Waals surface area contributed by atoms with Gasteiger partial charge in [-0.05, 0) is 24.3 Å². The highest BCUT2D eigenvalue weighted by molar-refractivity contribution is 5.56. The summed E-state index contributed by atoms with van der Waals surface area (Å²) >= 11 is 0. The summed E-state index contributed by atoms with van der Waals surface area (Å²) in [5.74, 6) is 0. The first-order valence-corrected chi connectivity index (χ1v) is 5.76. The quantitative estimate of drug-likeness (QED) is 0.783. The van der Waals surface area contributed by atoms with Gasteiger partial charge in [-0.15, -0.1) is 0 Å². The van der Waals surface area contributed by atoms with E-state index in [0.29, 0.717) is 6.61 Å². The number of anilines is 2. The van der Waals surface area contributed by atoms with E-state index in [1.807, 2.05) is 53.7 Å². The van der Waals surface area contributed by atoms with Gasteiger partial charge in [-0.25, -0.2) is 0 Å². The Balaban J connectivity index is 1.91. The van der Waals surface area contributed by atoms with Crippen molar-refractivity contribution in [2.45, 2.75) is 0 Å². The third-order valence-electron chi connectivity index (χ3n) is 2.77. The van der Waals surface area contributed by atoms with Crippen molar-refractivity contribution in [3.05, 3.63) is 60.7 Å². The summed E-state index contributed by atoms with van der Waals surface area (Å²) in [5.41, 5.74) is 2.20. The van der Waals surface area contributed by atoms with Gasteiger partial charge in [0.15, 0.2) is 0 Å². The van der Waals surface area contributed by atoms with E-state index in [4.69, 9.17) is 4.84 Å². The molecule has 17 heavy (non-hydrogen) atoms. The third-order valence-corrected chi connectivity index (χ3v) is 2.77. The van der Waals surface area contributed by atoms with Crippen LogP contribution in [0.2, 0.25) is 0 Å². The molecule has 0 spiro atoms. The van der Waals surface area contributed by atoms with Crippen molar-refractivity contribution in [1.29, 1.82) is 0 Å². The van der Waals surface area contributed by atoms with Crippen molar-refractivity contribution in [2.24, 2.45) is 0 Å². The fourth-order valence-corrected chi connectivity index (χ4v) is 1.98. The summed E-state index contributed by atoms with van der Waals surface area (Å²) in [6, 6.07) is 20.4. The largest absolute Gasteiger partial charge is 0.259 e. The molecule has 0 atom stereocenters. The van der Waals surface area contributed by atoms with Crippen molar-refractivity contribution in [2.75, 3.05) is 23.3 Å². The Morgan fingerprint density at radius 2 is 1.35 bits per heavy atom. The molecule has 0 N–H and O–H groups in total. The van der Waals surface area contributed by atoms with E-state index in [0.717, 1.165) is 17.9 Å². The Hall–Kier alpha value is -2.00. The molecule has 0 aromatic heterocycles. The summed E-state index contributed by atoms with van der Waals surface area (Å²) < 4.78 is 0. The minimum atomic E-state index is 0.712. The van der Waals surface area contributed by atoms with Crippen LogP contribution in [0, 0.1) is 0 Å². The summed E-state index contributed by atoms with van der Waals surface area (Å²) in [7, 11) is 0. The summed E-state index contributed by atoms with van der Waals surface area (Å²) in [4.78, 5) is 5.67. The fraction of sp³-hybridized carbons (Fsp3) is 0.143. The Bertz CT molecular complexity index is 427. The van der Waals surface area contributed by atoms with Crippen LogP contribution in [0.4, 0.5) is 11.4 Å². The standard InChI is InChI=1S/C14H14N2O/c1-3-7-13(8-4-1)15-11-12-17-16(15)14-9-5-2-6-10-14/h1-10H,11-12H2. The maximum absolute atomic E-state index is 5.67. The Kier molecular flexibility index (Phi) is 2.68. The molecule has 0 bridgehead atoms. The lowest BCUT2D eigenvalue weighted by molar-refractivity contribution is 0.167. The van der Waals surface area contributed by atoms with Crippen LogP contribution in [0.15, 0.2) is 60.7 Å². The molecule has 86 valence electrons. The van der Waals surface area contributed by atoms with Gasteiger partial charge in [-0.2, -0.15) is 5.17 Å². The maximum Gasteiger partial charge on any atom is 0.0967 e. The molecule has 3 rings (SSSR count). The smallest absolute Gasteiger partial charge is 0.0967 e. The summed E-state index contributed by atoms with van der Waals surface area (Å²) in [6.45, 7) is 1.59. The van der Waals surface area contributed by atoms with Gasteiger partial charge in [0, 0.05) is 0 Å². The molecule has 0 saturated carbocycles. The van der Waals surface area contributed by atoms with Crippen LogP contribution in [0.25, 0.3) is 0 Å². The van der Waals surface area contributed by atoms with E-state index in [-0.39, 0.29) is 0 Å². The summed E-state index contributed by atoms with van der Waals surface area (Å²) in [6.07, 6.45) is 0. The van der Waals surface area contributed by atoms with Crippen LogP contribution in [-0.2, 0) is 4.84 Å². The minimum absolute atomic E-state index is 0.712. The Morgan fingerprint density at radius 3 is 2.00 bits per heavy atom. The van der Waals surface area contributed by atoms with Crippen molar-refractivity contribution in [3.8, 4) is 0 Å². The zero-order chi connectivity index (χ0) is 11.5. The fourth-order valence-electron chi connectivity index (χ4n) is 1.98. The number of hydrogen-bond donors (Lipinski definition) is 0. The van der Waals surface area contributed by atoms with E-state index in [2.05, 4.69) is 17.1 Å². The Labute approximate surface area is 101 Å². The number of nitrogens with zero attached hydrogens (tertiary/aromatic N) is 2. The van der Waals surface area contributed by atoms with Gasteiger partial charge < -0.3 is 0 Å². The van der Waals surface area contributed by atoms with Crippen molar-refractivity contribution in [3.63, 3.8) is 0 Å².